The highest BCUT2D eigenvalue weighted by atomic mass is 79.9. The lowest BCUT2D eigenvalue weighted by Crippen LogP contribution is -2.55. The quantitative estimate of drug-likeness (QED) is 0.897. The first kappa shape index (κ1) is 17.3. The number of carbonyl (C=O) groups is 1. The number of rotatable bonds is 3. The summed E-state index contributed by atoms with van der Waals surface area (Å²) in [7, 11) is 0. The van der Waals surface area contributed by atoms with E-state index in [0.29, 0.717) is 5.75 Å². The van der Waals surface area contributed by atoms with Crippen LogP contribution in [0.25, 0.3) is 0 Å². The summed E-state index contributed by atoms with van der Waals surface area (Å²) in [6.45, 7) is 6.29. The average molecular weight is 364 g/mol. The molecule has 1 N–H and O–H groups in total. The number of carbonyl (C=O) groups excluding carboxylic acids is 1. The van der Waals surface area contributed by atoms with Crippen LogP contribution in [0.5, 0.6) is 5.75 Å². The van der Waals surface area contributed by atoms with Gasteiger partial charge >= 0.3 is 0 Å². The smallest absolute Gasteiger partial charge is 0.263 e. The van der Waals surface area contributed by atoms with Gasteiger partial charge in [-0.15, -0.1) is 12.4 Å². The third kappa shape index (κ3) is 4.36. The minimum Gasteiger partial charge on any atom is -0.481 e. The molecule has 1 amide bonds. The summed E-state index contributed by atoms with van der Waals surface area (Å²) in [4.78, 5) is 14.2. The molecule has 1 aliphatic rings. The summed E-state index contributed by atoms with van der Waals surface area (Å²) in [6, 6.07) is 7.76. The first-order chi connectivity index (χ1) is 9.08. The molecule has 1 aromatic carbocycles. The molecule has 0 aliphatic carbocycles. The molecule has 2 atom stereocenters. The second-order valence-corrected chi connectivity index (χ2v) is 5.72. The number of amides is 1. The summed E-state index contributed by atoms with van der Waals surface area (Å²) in [5, 5.41) is 3.27. The van der Waals surface area contributed by atoms with Crippen LogP contribution in [0.2, 0.25) is 0 Å². The molecule has 0 aromatic heterocycles. The number of hydrogen-bond donors (Lipinski definition) is 1. The van der Waals surface area contributed by atoms with Crippen molar-refractivity contribution in [3.8, 4) is 5.75 Å². The van der Waals surface area contributed by atoms with Crippen LogP contribution in [-0.2, 0) is 4.79 Å². The first-order valence-corrected chi connectivity index (χ1v) is 7.30. The van der Waals surface area contributed by atoms with E-state index in [1.807, 2.05) is 29.2 Å². The minimum absolute atomic E-state index is 0. The molecule has 2 rings (SSSR count). The molecule has 6 heteroatoms. The number of hydrogen-bond acceptors (Lipinski definition) is 3. The number of nitrogens with zero attached hydrogens (tertiary/aromatic N) is 1. The zero-order chi connectivity index (χ0) is 13.8. The van der Waals surface area contributed by atoms with Gasteiger partial charge in [0.1, 0.15) is 5.75 Å². The molecule has 0 bridgehead atoms. The SMILES string of the molecule is CC(Oc1cccc(Br)c1)C(=O)N1CCNC[C@@H]1C.Cl. The summed E-state index contributed by atoms with van der Waals surface area (Å²) < 4.78 is 6.66. The van der Waals surface area contributed by atoms with Crippen molar-refractivity contribution < 1.29 is 9.53 Å². The Morgan fingerprint density at radius 3 is 2.95 bits per heavy atom. The Balaban J connectivity index is 0.00000200. The van der Waals surface area contributed by atoms with Crippen LogP contribution in [0.3, 0.4) is 0 Å². The number of halogens is 2. The van der Waals surface area contributed by atoms with E-state index in [4.69, 9.17) is 4.74 Å². The lowest BCUT2D eigenvalue weighted by atomic mass is 10.2. The van der Waals surface area contributed by atoms with E-state index in [0.717, 1.165) is 24.1 Å². The van der Waals surface area contributed by atoms with Gasteiger partial charge in [0, 0.05) is 30.1 Å². The summed E-state index contributed by atoms with van der Waals surface area (Å²) >= 11 is 3.39. The molecule has 1 aromatic rings. The largest absolute Gasteiger partial charge is 0.481 e. The van der Waals surface area contributed by atoms with Gasteiger partial charge in [0.05, 0.1) is 0 Å². The molecule has 1 saturated heterocycles. The number of ether oxygens (including phenoxy) is 1. The predicted octanol–water partition coefficient (Wildman–Crippen LogP) is 2.46. The molecule has 1 unspecified atom stereocenters. The van der Waals surface area contributed by atoms with Crippen LogP contribution < -0.4 is 10.1 Å². The number of benzene rings is 1. The van der Waals surface area contributed by atoms with E-state index >= 15 is 0 Å². The van der Waals surface area contributed by atoms with Crippen LogP contribution in [0.15, 0.2) is 28.7 Å². The fraction of sp³-hybridized carbons (Fsp3) is 0.500. The Morgan fingerprint density at radius 1 is 1.55 bits per heavy atom. The van der Waals surface area contributed by atoms with Gasteiger partial charge in [-0.3, -0.25) is 4.79 Å². The fourth-order valence-corrected chi connectivity index (χ4v) is 2.58. The van der Waals surface area contributed by atoms with Crippen molar-refractivity contribution in [3.05, 3.63) is 28.7 Å². The first-order valence-electron chi connectivity index (χ1n) is 6.51. The lowest BCUT2D eigenvalue weighted by molar-refractivity contribution is -0.140. The monoisotopic (exact) mass is 362 g/mol. The maximum absolute atomic E-state index is 12.4. The van der Waals surface area contributed by atoms with Crippen LogP contribution >= 0.6 is 28.3 Å². The van der Waals surface area contributed by atoms with Crippen LogP contribution in [0.1, 0.15) is 13.8 Å². The van der Waals surface area contributed by atoms with Gasteiger partial charge in [-0.05, 0) is 32.0 Å². The molecule has 1 aliphatic heterocycles. The molecule has 0 saturated carbocycles. The predicted molar refractivity (Wildman–Crippen MR) is 85.5 cm³/mol. The molecule has 112 valence electrons. The maximum atomic E-state index is 12.4. The highest BCUT2D eigenvalue weighted by molar-refractivity contribution is 9.10. The second-order valence-electron chi connectivity index (χ2n) is 4.80. The molecule has 0 radical (unpaired) electrons. The van der Waals surface area contributed by atoms with Gasteiger partial charge in [0.15, 0.2) is 6.10 Å². The van der Waals surface area contributed by atoms with Crippen LogP contribution in [-0.4, -0.2) is 42.6 Å². The van der Waals surface area contributed by atoms with E-state index in [1.165, 1.54) is 0 Å². The van der Waals surface area contributed by atoms with Crippen molar-refractivity contribution in [2.75, 3.05) is 19.6 Å². The fourth-order valence-electron chi connectivity index (χ4n) is 2.20. The Bertz CT molecular complexity index is 459. The van der Waals surface area contributed by atoms with Crippen LogP contribution in [0, 0.1) is 0 Å². The van der Waals surface area contributed by atoms with Crippen molar-refractivity contribution in [2.24, 2.45) is 0 Å². The van der Waals surface area contributed by atoms with Gasteiger partial charge in [-0.1, -0.05) is 22.0 Å². The highest BCUT2D eigenvalue weighted by Gasteiger charge is 2.27. The van der Waals surface area contributed by atoms with E-state index in [-0.39, 0.29) is 24.4 Å². The third-order valence-electron chi connectivity index (χ3n) is 3.24. The van der Waals surface area contributed by atoms with Gasteiger partial charge in [-0.25, -0.2) is 0 Å². The Hall–Kier alpha value is -0.780. The normalized spacial score (nSPS) is 19.9. The highest BCUT2D eigenvalue weighted by Crippen LogP contribution is 2.19. The topological polar surface area (TPSA) is 41.6 Å². The van der Waals surface area contributed by atoms with Gasteiger partial charge in [0.25, 0.3) is 5.91 Å². The molecular formula is C14H20BrClN2O2. The molecule has 1 heterocycles. The molecule has 0 spiro atoms. The van der Waals surface area contributed by atoms with Crippen LogP contribution in [0.4, 0.5) is 0 Å². The molecular weight excluding hydrogens is 344 g/mol. The zero-order valence-corrected chi connectivity index (χ0v) is 14.0. The van der Waals surface area contributed by atoms with Crippen molar-refractivity contribution in [2.45, 2.75) is 26.0 Å². The van der Waals surface area contributed by atoms with Gasteiger partial charge < -0.3 is 15.0 Å². The van der Waals surface area contributed by atoms with Crippen molar-refractivity contribution in [3.63, 3.8) is 0 Å². The summed E-state index contributed by atoms with van der Waals surface area (Å²) in [6.07, 6.45) is -0.463. The van der Waals surface area contributed by atoms with Crippen molar-refractivity contribution >= 4 is 34.2 Å². The van der Waals surface area contributed by atoms with E-state index in [9.17, 15) is 4.79 Å². The number of nitrogens with one attached hydrogen (secondary N) is 1. The van der Waals surface area contributed by atoms with E-state index in [1.54, 1.807) is 6.92 Å². The standard InChI is InChI=1S/C14H19BrN2O2.ClH/c1-10-9-16-6-7-17(10)14(18)11(2)19-13-5-3-4-12(15)8-13;/h3-5,8,10-11,16H,6-7,9H2,1-2H3;1H/t10-,11?;/m0./s1. The second kappa shape index (κ2) is 7.86. The summed E-state index contributed by atoms with van der Waals surface area (Å²) in [5.41, 5.74) is 0. The van der Waals surface area contributed by atoms with Crippen molar-refractivity contribution in [1.82, 2.24) is 10.2 Å². The average Bonchev–Trinajstić information content (AvgIpc) is 2.38. The van der Waals surface area contributed by atoms with Crippen molar-refractivity contribution in [1.29, 1.82) is 0 Å². The third-order valence-corrected chi connectivity index (χ3v) is 3.73. The zero-order valence-electron chi connectivity index (χ0n) is 11.6. The molecule has 1 fully saturated rings. The Morgan fingerprint density at radius 2 is 2.30 bits per heavy atom. The minimum atomic E-state index is -0.463. The molecule has 4 nitrogen and oxygen atoms in total. The van der Waals surface area contributed by atoms with Gasteiger partial charge in [-0.2, -0.15) is 0 Å². The van der Waals surface area contributed by atoms with E-state index in [2.05, 4.69) is 28.2 Å². The maximum Gasteiger partial charge on any atom is 0.263 e. The lowest BCUT2D eigenvalue weighted by Gasteiger charge is -2.35. The van der Waals surface area contributed by atoms with E-state index < -0.39 is 6.10 Å². The number of piperazine rings is 1. The van der Waals surface area contributed by atoms with Gasteiger partial charge in [0.2, 0.25) is 0 Å². The molecule has 20 heavy (non-hydrogen) atoms. The Kier molecular flexibility index (Phi) is 6.79. The Labute approximate surface area is 134 Å². The summed E-state index contributed by atoms with van der Waals surface area (Å²) in [5.74, 6) is 0.756.